The minimum Gasteiger partial charge on any atom is -0.491 e. The first kappa shape index (κ1) is 12.4. The van der Waals surface area contributed by atoms with E-state index in [1.807, 2.05) is 25.1 Å². The Labute approximate surface area is 102 Å². The van der Waals surface area contributed by atoms with E-state index in [4.69, 9.17) is 9.47 Å². The monoisotopic (exact) mass is 236 g/mol. The molecule has 0 heterocycles. The van der Waals surface area contributed by atoms with E-state index in [0.717, 1.165) is 36.1 Å². The van der Waals surface area contributed by atoms with Crippen molar-refractivity contribution in [3.63, 3.8) is 0 Å². The molecule has 1 aromatic rings. The van der Waals surface area contributed by atoms with Crippen LogP contribution < -0.4 is 4.74 Å². The molecular weight excluding hydrogens is 216 g/mol. The van der Waals surface area contributed by atoms with Gasteiger partial charge in [0.25, 0.3) is 0 Å². The number of aliphatic hydroxyl groups is 1. The first-order valence-corrected chi connectivity index (χ1v) is 6.18. The lowest BCUT2D eigenvalue weighted by Gasteiger charge is -2.24. The minimum atomic E-state index is -0.331. The second kappa shape index (κ2) is 5.52. The number of hydrogen-bond acceptors (Lipinski definition) is 3. The molecule has 0 radical (unpaired) electrons. The fourth-order valence-corrected chi connectivity index (χ4v) is 2.20. The van der Waals surface area contributed by atoms with Gasteiger partial charge in [0.2, 0.25) is 0 Å². The highest BCUT2D eigenvalue weighted by Crippen LogP contribution is 2.35. The van der Waals surface area contributed by atoms with Gasteiger partial charge >= 0.3 is 0 Å². The van der Waals surface area contributed by atoms with Gasteiger partial charge in [0.05, 0.1) is 12.2 Å². The van der Waals surface area contributed by atoms with Gasteiger partial charge in [-0.05, 0) is 43.4 Å². The van der Waals surface area contributed by atoms with Crippen LogP contribution in [0, 0.1) is 0 Å². The Morgan fingerprint density at radius 2 is 2.29 bits per heavy atom. The number of methoxy groups -OCH3 is 1. The van der Waals surface area contributed by atoms with Crippen molar-refractivity contribution >= 4 is 0 Å². The van der Waals surface area contributed by atoms with Crippen molar-refractivity contribution in [2.24, 2.45) is 0 Å². The van der Waals surface area contributed by atoms with Gasteiger partial charge in [-0.2, -0.15) is 0 Å². The third-order valence-electron chi connectivity index (χ3n) is 3.31. The normalized spacial score (nSPS) is 20.8. The van der Waals surface area contributed by atoms with Gasteiger partial charge < -0.3 is 14.6 Å². The van der Waals surface area contributed by atoms with Gasteiger partial charge in [-0.15, -0.1) is 0 Å². The molecule has 94 valence electrons. The number of ether oxygens (including phenoxy) is 2. The maximum absolute atomic E-state index is 9.93. The van der Waals surface area contributed by atoms with Gasteiger partial charge in [0.1, 0.15) is 12.4 Å². The average Bonchev–Trinajstić information content (AvgIpc) is 2.36. The lowest BCUT2D eigenvalue weighted by Crippen LogP contribution is -2.18. The molecule has 1 aromatic carbocycles. The third-order valence-corrected chi connectivity index (χ3v) is 3.31. The van der Waals surface area contributed by atoms with Crippen LogP contribution in [0.15, 0.2) is 18.2 Å². The molecule has 2 unspecified atom stereocenters. The lowest BCUT2D eigenvalue weighted by atomic mass is 9.89. The summed E-state index contributed by atoms with van der Waals surface area (Å²) in [5, 5.41) is 9.93. The number of aliphatic hydroxyl groups excluding tert-OH is 1. The Morgan fingerprint density at radius 3 is 3.06 bits per heavy atom. The highest BCUT2D eigenvalue weighted by molar-refractivity contribution is 5.42. The maximum atomic E-state index is 9.93. The quantitative estimate of drug-likeness (QED) is 0.872. The van der Waals surface area contributed by atoms with Crippen LogP contribution in [-0.2, 0) is 11.2 Å². The Hall–Kier alpha value is -1.06. The van der Waals surface area contributed by atoms with Gasteiger partial charge in [0.15, 0.2) is 0 Å². The van der Waals surface area contributed by atoms with E-state index in [1.54, 1.807) is 7.11 Å². The van der Waals surface area contributed by atoms with Gasteiger partial charge in [0, 0.05) is 7.11 Å². The summed E-state index contributed by atoms with van der Waals surface area (Å²) in [4.78, 5) is 0. The molecule has 0 spiro atoms. The predicted molar refractivity (Wildman–Crippen MR) is 66.3 cm³/mol. The SMILES string of the molecule is COC(C)COc1cccc2c1CCCC2O. The summed E-state index contributed by atoms with van der Waals surface area (Å²) < 4.78 is 10.9. The summed E-state index contributed by atoms with van der Waals surface area (Å²) in [6.07, 6.45) is 2.62. The second-order valence-corrected chi connectivity index (χ2v) is 4.59. The van der Waals surface area contributed by atoms with Crippen molar-refractivity contribution in [3.05, 3.63) is 29.3 Å². The van der Waals surface area contributed by atoms with Crippen molar-refractivity contribution in [1.29, 1.82) is 0 Å². The number of benzene rings is 1. The van der Waals surface area contributed by atoms with Gasteiger partial charge in [-0.25, -0.2) is 0 Å². The molecular formula is C14H20O3. The molecule has 1 aliphatic carbocycles. The molecule has 17 heavy (non-hydrogen) atoms. The summed E-state index contributed by atoms with van der Waals surface area (Å²) in [6, 6.07) is 5.91. The molecule has 3 heteroatoms. The molecule has 0 aromatic heterocycles. The third kappa shape index (κ3) is 2.79. The van der Waals surface area contributed by atoms with Crippen LogP contribution in [-0.4, -0.2) is 24.9 Å². The first-order valence-electron chi connectivity index (χ1n) is 6.18. The molecule has 1 N–H and O–H groups in total. The zero-order valence-electron chi connectivity index (χ0n) is 10.5. The van der Waals surface area contributed by atoms with Gasteiger partial charge in [-0.1, -0.05) is 12.1 Å². The Balaban J connectivity index is 2.15. The topological polar surface area (TPSA) is 38.7 Å². The van der Waals surface area contributed by atoms with Crippen molar-refractivity contribution in [3.8, 4) is 5.75 Å². The van der Waals surface area contributed by atoms with Crippen LogP contribution >= 0.6 is 0 Å². The van der Waals surface area contributed by atoms with E-state index >= 15 is 0 Å². The number of hydrogen-bond donors (Lipinski definition) is 1. The average molecular weight is 236 g/mol. The molecule has 2 atom stereocenters. The van der Waals surface area contributed by atoms with Crippen molar-refractivity contribution in [2.75, 3.05) is 13.7 Å². The highest BCUT2D eigenvalue weighted by Gasteiger charge is 2.20. The first-order chi connectivity index (χ1) is 8.22. The van der Waals surface area contributed by atoms with Crippen LogP contribution in [0.25, 0.3) is 0 Å². The van der Waals surface area contributed by atoms with Crippen molar-refractivity contribution in [1.82, 2.24) is 0 Å². The maximum Gasteiger partial charge on any atom is 0.122 e. The van der Waals surface area contributed by atoms with Crippen LogP contribution in [0.3, 0.4) is 0 Å². The molecule has 0 bridgehead atoms. The summed E-state index contributed by atoms with van der Waals surface area (Å²) in [6.45, 7) is 2.52. The van der Waals surface area contributed by atoms with E-state index in [1.165, 1.54) is 0 Å². The second-order valence-electron chi connectivity index (χ2n) is 4.59. The lowest BCUT2D eigenvalue weighted by molar-refractivity contribution is 0.0708. The van der Waals surface area contributed by atoms with Gasteiger partial charge in [-0.3, -0.25) is 0 Å². The molecule has 0 saturated heterocycles. The van der Waals surface area contributed by atoms with Crippen LogP contribution in [0.2, 0.25) is 0 Å². The Morgan fingerprint density at radius 1 is 1.47 bits per heavy atom. The summed E-state index contributed by atoms with van der Waals surface area (Å²) >= 11 is 0. The Bertz CT molecular complexity index is 376. The predicted octanol–water partition coefficient (Wildman–Crippen LogP) is 2.47. The molecule has 0 amide bonds. The summed E-state index contributed by atoms with van der Waals surface area (Å²) in [5.41, 5.74) is 2.19. The molecule has 0 aliphatic heterocycles. The van der Waals surface area contributed by atoms with Crippen LogP contribution in [0.1, 0.15) is 37.0 Å². The molecule has 0 fully saturated rings. The van der Waals surface area contributed by atoms with E-state index in [-0.39, 0.29) is 12.2 Å². The van der Waals surface area contributed by atoms with Crippen LogP contribution in [0.5, 0.6) is 5.75 Å². The standard InChI is InChI=1S/C14H20O3/c1-10(16-2)9-17-14-8-4-5-11-12(14)6-3-7-13(11)15/h4-5,8,10,13,15H,3,6-7,9H2,1-2H3. The minimum absolute atomic E-state index is 0.0828. The number of rotatable bonds is 4. The zero-order valence-corrected chi connectivity index (χ0v) is 10.5. The fraction of sp³-hybridized carbons (Fsp3) is 0.571. The molecule has 1 aliphatic rings. The number of fused-ring (bicyclic) bond motifs is 1. The fourth-order valence-electron chi connectivity index (χ4n) is 2.20. The van der Waals surface area contributed by atoms with E-state index in [2.05, 4.69) is 0 Å². The van der Waals surface area contributed by atoms with Crippen molar-refractivity contribution < 1.29 is 14.6 Å². The van der Waals surface area contributed by atoms with E-state index < -0.39 is 0 Å². The largest absolute Gasteiger partial charge is 0.491 e. The highest BCUT2D eigenvalue weighted by atomic mass is 16.5. The molecule has 0 saturated carbocycles. The van der Waals surface area contributed by atoms with E-state index in [9.17, 15) is 5.11 Å². The summed E-state index contributed by atoms with van der Waals surface area (Å²) in [5.74, 6) is 0.894. The smallest absolute Gasteiger partial charge is 0.122 e. The zero-order chi connectivity index (χ0) is 12.3. The van der Waals surface area contributed by atoms with Crippen LogP contribution in [0.4, 0.5) is 0 Å². The van der Waals surface area contributed by atoms with Crippen molar-refractivity contribution in [2.45, 2.75) is 38.4 Å². The Kier molecular flexibility index (Phi) is 4.02. The molecule has 3 nitrogen and oxygen atoms in total. The molecule has 2 rings (SSSR count). The van der Waals surface area contributed by atoms with E-state index in [0.29, 0.717) is 6.61 Å². The summed E-state index contributed by atoms with van der Waals surface area (Å²) in [7, 11) is 1.68.